The summed E-state index contributed by atoms with van der Waals surface area (Å²) in [5.74, 6) is -0.468. The molecule has 34 heavy (non-hydrogen) atoms. The van der Waals surface area contributed by atoms with E-state index in [1.807, 2.05) is 6.92 Å². The third-order valence-corrected chi connectivity index (χ3v) is 7.82. The lowest BCUT2D eigenvalue weighted by Gasteiger charge is -2.35. The van der Waals surface area contributed by atoms with Crippen LogP contribution in [0.5, 0.6) is 0 Å². The summed E-state index contributed by atoms with van der Waals surface area (Å²) in [6, 6.07) is 4.56. The zero-order chi connectivity index (χ0) is 24.6. The van der Waals surface area contributed by atoms with E-state index in [0.717, 1.165) is 0 Å². The van der Waals surface area contributed by atoms with Gasteiger partial charge in [-0.2, -0.15) is 0 Å². The number of esters is 1. The van der Waals surface area contributed by atoms with E-state index in [-0.39, 0.29) is 42.0 Å². The van der Waals surface area contributed by atoms with Gasteiger partial charge in [-0.1, -0.05) is 23.2 Å². The minimum absolute atomic E-state index is 0.0570. The fourth-order valence-corrected chi connectivity index (χ4v) is 5.59. The number of carbonyl (C=O) groups is 2. The Morgan fingerprint density at radius 2 is 1.88 bits per heavy atom. The average Bonchev–Trinajstić information content (AvgIpc) is 2.81. The third kappa shape index (κ3) is 4.81. The molecule has 4 rings (SSSR count). The summed E-state index contributed by atoms with van der Waals surface area (Å²) >= 11 is 17.6. The highest BCUT2D eigenvalue weighted by Crippen LogP contribution is 2.33. The molecule has 0 unspecified atom stereocenters. The number of halogens is 2. The maximum absolute atomic E-state index is 13.5. The lowest BCUT2D eigenvalue weighted by atomic mass is 9.86. The quantitative estimate of drug-likeness (QED) is 0.445. The Labute approximate surface area is 213 Å². The van der Waals surface area contributed by atoms with Gasteiger partial charge < -0.3 is 14.6 Å². The number of hydrogen-bond donors (Lipinski definition) is 1. The van der Waals surface area contributed by atoms with Gasteiger partial charge in [0.25, 0.3) is 11.5 Å². The van der Waals surface area contributed by atoms with Crippen molar-refractivity contribution in [3.8, 4) is 0 Å². The van der Waals surface area contributed by atoms with Gasteiger partial charge in [0.1, 0.15) is 0 Å². The normalized spacial score (nSPS) is 22.2. The Kier molecular flexibility index (Phi) is 7.50. The van der Waals surface area contributed by atoms with Crippen molar-refractivity contribution in [2.24, 2.45) is 5.92 Å². The first-order chi connectivity index (χ1) is 16.2. The number of H-pyrrole nitrogens is 1. The summed E-state index contributed by atoms with van der Waals surface area (Å²) in [7, 11) is 0. The van der Waals surface area contributed by atoms with E-state index in [1.165, 1.54) is 0 Å². The maximum Gasteiger partial charge on any atom is 0.308 e. The van der Waals surface area contributed by atoms with Crippen LogP contribution in [0.25, 0.3) is 0 Å². The molecule has 7 nitrogen and oxygen atoms in total. The molecule has 2 aliphatic rings. The maximum atomic E-state index is 13.5. The number of amides is 1. The van der Waals surface area contributed by atoms with Crippen LogP contribution in [0.2, 0.25) is 10.0 Å². The molecule has 1 N–H and O–H groups in total. The first-order valence-electron chi connectivity index (χ1n) is 11.5. The topological polar surface area (TPSA) is 84.4 Å². The van der Waals surface area contributed by atoms with Crippen LogP contribution < -0.4 is 5.56 Å². The number of fused-ring (bicyclic) bond motifs is 1. The Morgan fingerprint density at radius 1 is 1.18 bits per heavy atom. The zero-order valence-corrected chi connectivity index (χ0v) is 21.4. The van der Waals surface area contributed by atoms with E-state index >= 15 is 0 Å². The standard InChI is InChI=1S/C24H27Cl2N3O4S/c1-3-33-23(32)14-4-7-16(8-5-14)29-22(31)17-10-13(2)28(12-20(17)27-24(29)34)21(30)15-6-9-18(25)19(26)11-15/h6,9,11,13-14,16H,3-5,7-8,10,12H2,1-2H3,(H,27,34)/t13-,14-,16+/m1/s1. The highest BCUT2D eigenvalue weighted by molar-refractivity contribution is 7.71. The molecule has 1 atom stereocenters. The molecule has 0 saturated heterocycles. The molecule has 1 aromatic carbocycles. The number of nitrogens with zero attached hydrogens (tertiary/aromatic N) is 2. The Hall–Kier alpha value is -2.16. The minimum atomic E-state index is -0.183. The number of aromatic amines is 1. The molecule has 0 bridgehead atoms. The van der Waals surface area contributed by atoms with Gasteiger partial charge in [-0.15, -0.1) is 0 Å². The molecular formula is C24H27Cl2N3O4S. The molecule has 1 saturated carbocycles. The van der Waals surface area contributed by atoms with Crippen LogP contribution >= 0.6 is 35.4 Å². The van der Waals surface area contributed by atoms with E-state index < -0.39 is 0 Å². The van der Waals surface area contributed by atoms with E-state index in [2.05, 4.69) is 4.98 Å². The van der Waals surface area contributed by atoms with Gasteiger partial charge in [0.15, 0.2) is 4.77 Å². The van der Waals surface area contributed by atoms with Gasteiger partial charge >= 0.3 is 5.97 Å². The molecule has 2 aromatic rings. The van der Waals surface area contributed by atoms with Crippen molar-refractivity contribution in [2.45, 2.75) is 64.6 Å². The number of carbonyl (C=O) groups excluding carboxylic acids is 2. The second-order valence-corrected chi connectivity index (χ2v) is 10.1. The largest absolute Gasteiger partial charge is 0.466 e. The molecule has 1 aliphatic carbocycles. The van der Waals surface area contributed by atoms with Gasteiger partial charge in [-0.25, -0.2) is 0 Å². The Morgan fingerprint density at radius 3 is 2.53 bits per heavy atom. The van der Waals surface area contributed by atoms with E-state index in [1.54, 1.807) is 34.6 Å². The van der Waals surface area contributed by atoms with Crippen LogP contribution in [0.3, 0.4) is 0 Å². The lowest BCUT2D eigenvalue weighted by Crippen LogP contribution is -2.46. The summed E-state index contributed by atoms with van der Waals surface area (Å²) in [6.45, 7) is 4.35. The summed E-state index contributed by atoms with van der Waals surface area (Å²) < 4.78 is 7.16. The van der Waals surface area contributed by atoms with Crippen molar-refractivity contribution in [1.29, 1.82) is 0 Å². The van der Waals surface area contributed by atoms with Crippen LogP contribution in [0.1, 0.15) is 67.2 Å². The molecule has 1 aromatic heterocycles. The first-order valence-corrected chi connectivity index (χ1v) is 12.7. The monoisotopic (exact) mass is 523 g/mol. The molecular weight excluding hydrogens is 497 g/mol. The van der Waals surface area contributed by atoms with E-state index in [4.69, 9.17) is 40.2 Å². The molecule has 2 heterocycles. The molecule has 1 amide bonds. The minimum Gasteiger partial charge on any atom is -0.466 e. The van der Waals surface area contributed by atoms with Crippen LogP contribution in [0.15, 0.2) is 23.0 Å². The Balaban J connectivity index is 1.56. The summed E-state index contributed by atoms with van der Waals surface area (Å²) in [4.78, 5) is 43.6. The predicted octanol–water partition coefficient (Wildman–Crippen LogP) is 5.09. The zero-order valence-electron chi connectivity index (χ0n) is 19.1. The van der Waals surface area contributed by atoms with Gasteiger partial charge in [0.2, 0.25) is 0 Å². The smallest absolute Gasteiger partial charge is 0.308 e. The number of ether oxygens (including phenoxy) is 1. The van der Waals surface area contributed by atoms with Crippen molar-refractivity contribution in [1.82, 2.24) is 14.5 Å². The number of rotatable bonds is 4. The number of nitrogens with one attached hydrogen (secondary N) is 1. The van der Waals surface area contributed by atoms with Crippen molar-refractivity contribution in [3.63, 3.8) is 0 Å². The number of aromatic nitrogens is 2. The highest BCUT2D eigenvalue weighted by atomic mass is 35.5. The van der Waals surface area contributed by atoms with Crippen molar-refractivity contribution in [3.05, 3.63) is 60.2 Å². The first kappa shape index (κ1) is 24.9. The second kappa shape index (κ2) is 10.2. The highest BCUT2D eigenvalue weighted by Gasteiger charge is 2.33. The fourth-order valence-electron chi connectivity index (χ4n) is 4.94. The van der Waals surface area contributed by atoms with Gasteiger partial charge in [-0.05, 0) is 76.4 Å². The molecule has 1 aliphatic heterocycles. The molecule has 1 fully saturated rings. The molecule has 182 valence electrons. The van der Waals surface area contributed by atoms with E-state index in [0.29, 0.717) is 70.3 Å². The van der Waals surface area contributed by atoms with Crippen LogP contribution in [-0.4, -0.2) is 39.0 Å². The Bertz CT molecular complexity index is 1230. The van der Waals surface area contributed by atoms with Crippen molar-refractivity contribution >= 4 is 47.3 Å². The second-order valence-electron chi connectivity index (χ2n) is 8.93. The number of hydrogen-bond acceptors (Lipinski definition) is 5. The lowest BCUT2D eigenvalue weighted by molar-refractivity contribution is -0.149. The van der Waals surface area contributed by atoms with Crippen LogP contribution in [-0.2, 0) is 22.5 Å². The summed E-state index contributed by atoms with van der Waals surface area (Å²) in [5.41, 5.74) is 1.66. The fraction of sp³-hybridized carbons (Fsp3) is 0.500. The van der Waals surface area contributed by atoms with Crippen molar-refractivity contribution < 1.29 is 14.3 Å². The van der Waals surface area contributed by atoms with Gasteiger partial charge in [0.05, 0.1) is 29.1 Å². The van der Waals surface area contributed by atoms with Crippen LogP contribution in [0, 0.1) is 10.7 Å². The van der Waals surface area contributed by atoms with Crippen molar-refractivity contribution in [2.75, 3.05) is 6.61 Å². The molecule has 10 heteroatoms. The van der Waals surface area contributed by atoms with Gasteiger partial charge in [-0.3, -0.25) is 19.0 Å². The summed E-state index contributed by atoms with van der Waals surface area (Å²) in [6.07, 6.45) is 3.15. The van der Waals surface area contributed by atoms with Crippen LogP contribution in [0.4, 0.5) is 0 Å². The average molecular weight is 524 g/mol. The SMILES string of the molecule is CCOC(=O)[C@H]1CC[C@@H](n2c(=S)[nH]c3c(c2=O)C[C@@H](C)N(C(=O)c2ccc(Cl)c(Cl)c2)C3)CC1. The van der Waals surface area contributed by atoms with E-state index in [9.17, 15) is 14.4 Å². The third-order valence-electron chi connectivity index (χ3n) is 6.79. The number of benzene rings is 1. The summed E-state index contributed by atoms with van der Waals surface area (Å²) in [5, 5.41) is 0.703. The predicted molar refractivity (Wildman–Crippen MR) is 133 cm³/mol. The molecule has 0 spiro atoms. The molecule has 0 radical (unpaired) electrons. The van der Waals surface area contributed by atoms with Gasteiger partial charge in [0, 0.05) is 28.9 Å².